The zero-order valence-electron chi connectivity index (χ0n) is 12.8. The summed E-state index contributed by atoms with van der Waals surface area (Å²) in [4.78, 5) is 0. The molecule has 0 fully saturated rings. The van der Waals surface area contributed by atoms with Gasteiger partial charge in [-0.2, -0.15) is 0 Å². The van der Waals surface area contributed by atoms with E-state index in [2.05, 4.69) is 10.1 Å². The second-order valence-corrected chi connectivity index (χ2v) is 5.45. The molecule has 0 radical (unpaired) electrons. The quantitative estimate of drug-likeness (QED) is 0.479. The molecule has 1 heterocycles. The molecular weight excluding hydrogens is 331 g/mol. The van der Waals surface area contributed by atoms with Crippen molar-refractivity contribution in [1.82, 2.24) is 0 Å². The average molecular weight is 343 g/mol. The lowest BCUT2D eigenvalue weighted by Crippen LogP contribution is -2.17. The van der Waals surface area contributed by atoms with Gasteiger partial charge in [-0.15, -0.1) is 13.2 Å². The maximum atomic E-state index is 12.6. The van der Waals surface area contributed by atoms with Crippen molar-refractivity contribution in [2.75, 3.05) is 5.32 Å². The van der Waals surface area contributed by atoms with E-state index in [0.717, 1.165) is 10.8 Å². The molecule has 0 atom stereocenters. The van der Waals surface area contributed by atoms with Crippen LogP contribution in [0.5, 0.6) is 5.75 Å². The van der Waals surface area contributed by atoms with E-state index < -0.39 is 6.36 Å². The molecule has 1 N–H and O–H groups in total. The number of hydrogen-bond acceptors (Lipinski definition) is 3. The molecule has 4 aromatic rings. The van der Waals surface area contributed by atoms with Crippen LogP contribution >= 0.6 is 0 Å². The Bertz CT molecular complexity index is 1050. The fourth-order valence-electron chi connectivity index (χ4n) is 2.77. The van der Waals surface area contributed by atoms with Gasteiger partial charge in [0.25, 0.3) is 0 Å². The average Bonchev–Trinajstić information content (AvgIpc) is 2.95. The molecule has 25 heavy (non-hydrogen) atoms. The van der Waals surface area contributed by atoms with Crippen molar-refractivity contribution in [2.24, 2.45) is 0 Å². The predicted octanol–water partition coefficient (Wildman–Crippen LogP) is 6.23. The molecule has 3 nitrogen and oxygen atoms in total. The standard InChI is InChI=1S/C19H12F3NO2/c20-19(21,22)25-17-11-4-2-8-14(17)23-15-9-5-7-13-12-6-1-3-10-16(12)24-18(13)15/h1-11,23H. The Morgan fingerprint density at radius 2 is 1.44 bits per heavy atom. The van der Waals surface area contributed by atoms with Gasteiger partial charge in [-0.25, -0.2) is 0 Å². The fraction of sp³-hybridized carbons (Fsp3) is 0.0526. The SMILES string of the molecule is FC(F)(F)Oc1ccccc1Nc1cccc2c1oc1ccccc12. The first-order chi connectivity index (χ1) is 12.0. The minimum absolute atomic E-state index is 0.202. The molecule has 0 unspecified atom stereocenters. The molecule has 126 valence electrons. The third-order valence-electron chi connectivity index (χ3n) is 3.79. The Kier molecular flexibility index (Phi) is 3.53. The molecule has 0 spiro atoms. The molecule has 0 saturated heterocycles. The summed E-state index contributed by atoms with van der Waals surface area (Å²) >= 11 is 0. The van der Waals surface area contributed by atoms with Gasteiger partial charge in [0.05, 0.1) is 11.4 Å². The van der Waals surface area contributed by atoms with E-state index in [4.69, 9.17) is 4.42 Å². The molecule has 4 rings (SSSR count). The highest BCUT2D eigenvalue weighted by Gasteiger charge is 2.32. The number of alkyl halides is 3. The van der Waals surface area contributed by atoms with Crippen LogP contribution in [0.1, 0.15) is 0 Å². The van der Waals surface area contributed by atoms with Crippen molar-refractivity contribution in [2.45, 2.75) is 6.36 Å². The summed E-state index contributed by atoms with van der Waals surface area (Å²) in [6.45, 7) is 0. The topological polar surface area (TPSA) is 34.4 Å². The minimum Gasteiger partial charge on any atom is -0.454 e. The maximum absolute atomic E-state index is 12.6. The first kappa shape index (κ1) is 15.4. The lowest BCUT2D eigenvalue weighted by atomic mass is 10.1. The van der Waals surface area contributed by atoms with Crippen LogP contribution in [0.3, 0.4) is 0 Å². The van der Waals surface area contributed by atoms with Gasteiger partial charge in [0.2, 0.25) is 0 Å². The van der Waals surface area contributed by atoms with Crippen LogP contribution in [0, 0.1) is 0 Å². The molecule has 0 aliphatic rings. The third-order valence-corrected chi connectivity index (χ3v) is 3.79. The Morgan fingerprint density at radius 3 is 2.28 bits per heavy atom. The van der Waals surface area contributed by atoms with Crippen LogP contribution in [0.2, 0.25) is 0 Å². The van der Waals surface area contributed by atoms with Crippen LogP contribution in [-0.2, 0) is 0 Å². The second-order valence-electron chi connectivity index (χ2n) is 5.45. The number of rotatable bonds is 3. The summed E-state index contributed by atoms with van der Waals surface area (Å²) in [5.41, 5.74) is 2.05. The first-order valence-electron chi connectivity index (χ1n) is 7.53. The Balaban J connectivity index is 1.79. The number of nitrogens with one attached hydrogen (secondary N) is 1. The molecule has 0 aliphatic carbocycles. The zero-order chi connectivity index (χ0) is 17.4. The first-order valence-corrected chi connectivity index (χ1v) is 7.53. The van der Waals surface area contributed by atoms with E-state index in [-0.39, 0.29) is 11.4 Å². The predicted molar refractivity (Wildman–Crippen MR) is 90.1 cm³/mol. The highest BCUT2D eigenvalue weighted by atomic mass is 19.4. The minimum atomic E-state index is -4.76. The van der Waals surface area contributed by atoms with Crippen molar-refractivity contribution in [3.05, 3.63) is 66.7 Å². The van der Waals surface area contributed by atoms with Crippen molar-refractivity contribution in [3.8, 4) is 5.75 Å². The van der Waals surface area contributed by atoms with Crippen molar-refractivity contribution >= 4 is 33.3 Å². The van der Waals surface area contributed by atoms with E-state index in [9.17, 15) is 13.2 Å². The summed E-state index contributed by atoms with van der Waals surface area (Å²) in [6, 6.07) is 18.9. The van der Waals surface area contributed by atoms with Gasteiger partial charge in [-0.1, -0.05) is 42.5 Å². The normalized spacial score (nSPS) is 11.8. The summed E-state index contributed by atoms with van der Waals surface area (Å²) in [5, 5.41) is 4.81. The number of anilines is 2. The molecular formula is C19H12F3NO2. The van der Waals surface area contributed by atoms with Crippen molar-refractivity contribution < 1.29 is 22.3 Å². The zero-order valence-corrected chi connectivity index (χ0v) is 12.8. The van der Waals surface area contributed by atoms with E-state index in [1.54, 1.807) is 12.1 Å². The Labute approximate surface area is 140 Å². The number of furan rings is 1. The van der Waals surface area contributed by atoms with Gasteiger partial charge in [0.15, 0.2) is 11.3 Å². The maximum Gasteiger partial charge on any atom is 0.573 e. The van der Waals surface area contributed by atoms with Crippen LogP contribution in [0.15, 0.2) is 71.1 Å². The van der Waals surface area contributed by atoms with Crippen LogP contribution < -0.4 is 10.1 Å². The molecule has 0 amide bonds. The molecule has 0 bridgehead atoms. The monoisotopic (exact) mass is 343 g/mol. The number of para-hydroxylation sites is 4. The third kappa shape index (κ3) is 2.98. The summed E-state index contributed by atoms with van der Waals surface area (Å²) < 4.78 is 47.7. The smallest absolute Gasteiger partial charge is 0.454 e. The lowest BCUT2D eigenvalue weighted by Gasteiger charge is -2.14. The summed E-state index contributed by atoms with van der Waals surface area (Å²) in [5.74, 6) is -0.303. The fourth-order valence-corrected chi connectivity index (χ4v) is 2.77. The molecule has 0 aliphatic heterocycles. The summed E-state index contributed by atoms with van der Waals surface area (Å²) in [6.07, 6.45) is -4.76. The molecule has 1 aromatic heterocycles. The largest absolute Gasteiger partial charge is 0.573 e. The molecule has 0 saturated carbocycles. The van der Waals surface area contributed by atoms with E-state index in [1.807, 2.05) is 36.4 Å². The second kappa shape index (κ2) is 5.73. The van der Waals surface area contributed by atoms with E-state index in [0.29, 0.717) is 16.9 Å². The van der Waals surface area contributed by atoms with Gasteiger partial charge in [-0.3, -0.25) is 0 Å². The van der Waals surface area contributed by atoms with Gasteiger partial charge in [0.1, 0.15) is 5.58 Å². The van der Waals surface area contributed by atoms with Crippen molar-refractivity contribution in [3.63, 3.8) is 0 Å². The van der Waals surface area contributed by atoms with Crippen LogP contribution in [0.4, 0.5) is 24.5 Å². The highest BCUT2D eigenvalue weighted by molar-refractivity contribution is 6.09. The number of ether oxygens (including phenoxy) is 1. The highest BCUT2D eigenvalue weighted by Crippen LogP contribution is 2.37. The number of benzene rings is 3. The lowest BCUT2D eigenvalue weighted by molar-refractivity contribution is -0.274. The molecule has 6 heteroatoms. The Morgan fingerprint density at radius 1 is 0.760 bits per heavy atom. The van der Waals surface area contributed by atoms with Crippen LogP contribution in [-0.4, -0.2) is 6.36 Å². The van der Waals surface area contributed by atoms with E-state index in [1.165, 1.54) is 18.2 Å². The Hall–Kier alpha value is -3.15. The van der Waals surface area contributed by atoms with Gasteiger partial charge >= 0.3 is 6.36 Å². The van der Waals surface area contributed by atoms with Gasteiger partial charge in [-0.05, 0) is 24.3 Å². The van der Waals surface area contributed by atoms with E-state index >= 15 is 0 Å². The number of hydrogen-bond donors (Lipinski definition) is 1. The number of halogens is 3. The number of fused-ring (bicyclic) bond motifs is 3. The van der Waals surface area contributed by atoms with Gasteiger partial charge in [0, 0.05) is 10.8 Å². The molecule has 3 aromatic carbocycles. The van der Waals surface area contributed by atoms with Crippen LogP contribution in [0.25, 0.3) is 21.9 Å². The van der Waals surface area contributed by atoms with Crippen molar-refractivity contribution in [1.29, 1.82) is 0 Å². The summed E-state index contributed by atoms with van der Waals surface area (Å²) in [7, 11) is 0. The van der Waals surface area contributed by atoms with Gasteiger partial charge < -0.3 is 14.5 Å².